The van der Waals surface area contributed by atoms with E-state index in [1.165, 1.54) is 0 Å². The van der Waals surface area contributed by atoms with E-state index in [-0.39, 0.29) is 5.91 Å². The number of carbonyl (C=O) groups excluding carboxylic acids is 1. The van der Waals surface area contributed by atoms with Crippen molar-refractivity contribution in [2.24, 2.45) is 0 Å². The summed E-state index contributed by atoms with van der Waals surface area (Å²) >= 11 is 0. The Kier molecular flexibility index (Phi) is 4.01. The number of nitrogens with zero attached hydrogens (tertiary/aromatic N) is 3. The van der Waals surface area contributed by atoms with Gasteiger partial charge in [0.2, 0.25) is 0 Å². The van der Waals surface area contributed by atoms with Crippen LogP contribution in [0.1, 0.15) is 23.0 Å². The maximum absolute atomic E-state index is 13.4. The first-order valence-corrected chi connectivity index (χ1v) is 8.37. The number of fused-ring (bicyclic) bond motifs is 1. The van der Waals surface area contributed by atoms with E-state index in [4.69, 9.17) is 8.94 Å². The number of aromatic nitrogens is 2. The number of amides is 1. The van der Waals surface area contributed by atoms with Crippen LogP contribution in [0.3, 0.4) is 0 Å². The SMILES string of the molecule is CCN(C(=O)c1cc(-c2ccco2)nc2onc(C)c12)c1ccccc1. The Balaban J connectivity index is 1.89. The van der Waals surface area contributed by atoms with Gasteiger partial charge in [-0.15, -0.1) is 0 Å². The molecule has 0 N–H and O–H groups in total. The molecular weight excluding hydrogens is 330 g/mol. The molecule has 0 atom stereocenters. The molecule has 0 unspecified atom stereocenters. The molecule has 1 amide bonds. The summed E-state index contributed by atoms with van der Waals surface area (Å²) < 4.78 is 10.8. The number of para-hydroxylation sites is 1. The predicted molar refractivity (Wildman–Crippen MR) is 98.0 cm³/mol. The van der Waals surface area contributed by atoms with E-state index in [0.717, 1.165) is 5.69 Å². The lowest BCUT2D eigenvalue weighted by Crippen LogP contribution is -2.30. The van der Waals surface area contributed by atoms with Gasteiger partial charge in [-0.1, -0.05) is 23.4 Å². The highest BCUT2D eigenvalue weighted by Crippen LogP contribution is 2.29. The van der Waals surface area contributed by atoms with Gasteiger partial charge in [0.25, 0.3) is 11.6 Å². The minimum atomic E-state index is -0.134. The first kappa shape index (κ1) is 16.1. The zero-order valence-electron chi connectivity index (χ0n) is 14.5. The van der Waals surface area contributed by atoms with Crippen molar-refractivity contribution in [1.29, 1.82) is 0 Å². The average molecular weight is 347 g/mol. The molecule has 4 rings (SSSR count). The van der Waals surface area contributed by atoms with Crippen LogP contribution in [0, 0.1) is 6.92 Å². The fourth-order valence-electron chi connectivity index (χ4n) is 3.01. The van der Waals surface area contributed by atoms with Gasteiger partial charge >= 0.3 is 0 Å². The van der Waals surface area contributed by atoms with Gasteiger partial charge < -0.3 is 13.8 Å². The second-order valence-corrected chi connectivity index (χ2v) is 5.87. The Morgan fingerprint density at radius 3 is 2.65 bits per heavy atom. The molecule has 130 valence electrons. The fourth-order valence-corrected chi connectivity index (χ4v) is 3.01. The van der Waals surface area contributed by atoms with E-state index in [1.807, 2.05) is 37.3 Å². The Bertz CT molecular complexity index is 1050. The van der Waals surface area contributed by atoms with Crippen LogP contribution in [0.4, 0.5) is 5.69 Å². The van der Waals surface area contributed by atoms with Gasteiger partial charge in [0.15, 0.2) is 5.76 Å². The van der Waals surface area contributed by atoms with Gasteiger partial charge in [0.1, 0.15) is 5.69 Å². The molecular formula is C20H17N3O3. The van der Waals surface area contributed by atoms with Crippen molar-refractivity contribution < 1.29 is 13.7 Å². The van der Waals surface area contributed by atoms with E-state index in [9.17, 15) is 4.79 Å². The van der Waals surface area contributed by atoms with Crippen LogP contribution >= 0.6 is 0 Å². The molecule has 3 heterocycles. The second kappa shape index (κ2) is 6.48. The van der Waals surface area contributed by atoms with Crippen LogP contribution in [-0.2, 0) is 0 Å². The van der Waals surface area contributed by atoms with Crippen molar-refractivity contribution in [1.82, 2.24) is 10.1 Å². The number of furan rings is 1. The van der Waals surface area contributed by atoms with Crippen molar-refractivity contribution in [3.63, 3.8) is 0 Å². The normalized spacial score (nSPS) is 11.0. The third-order valence-corrected chi connectivity index (χ3v) is 4.25. The first-order chi connectivity index (χ1) is 12.7. The first-order valence-electron chi connectivity index (χ1n) is 8.37. The second-order valence-electron chi connectivity index (χ2n) is 5.87. The largest absolute Gasteiger partial charge is 0.463 e. The summed E-state index contributed by atoms with van der Waals surface area (Å²) in [5.74, 6) is 0.433. The van der Waals surface area contributed by atoms with Crippen molar-refractivity contribution >= 4 is 22.7 Å². The molecule has 6 heteroatoms. The monoisotopic (exact) mass is 347 g/mol. The van der Waals surface area contributed by atoms with Crippen molar-refractivity contribution in [3.8, 4) is 11.5 Å². The fraction of sp³-hybridized carbons (Fsp3) is 0.150. The number of anilines is 1. The van der Waals surface area contributed by atoms with Gasteiger partial charge in [0.05, 0.1) is 22.9 Å². The number of carbonyl (C=O) groups is 1. The minimum Gasteiger partial charge on any atom is -0.463 e. The van der Waals surface area contributed by atoms with Gasteiger partial charge in [-0.25, -0.2) is 4.98 Å². The standard InChI is InChI=1S/C20H17N3O3/c1-3-23(14-8-5-4-6-9-14)20(24)15-12-16(17-10-7-11-25-17)21-19-18(15)13(2)22-26-19/h4-12H,3H2,1-2H3. The molecule has 26 heavy (non-hydrogen) atoms. The van der Waals surface area contributed by atoms with Crippen LogP contribution < -0.4 is 4.90 Å². The molecule has 0 aliphatic carbocycles. The van der Waals surface area contributed by atoms with Crippen LogP contribution in [0.5, 0.6) is 0 Å². The summed E-state index contributed by atoms with van der Waals surface area (Å²) in [6, 6.07) is 14.9. The van der Waals surface area contributed by atoms with Crippen LogP contribution in [0.2, 0.25) is 0 Å². The smallest absolute Gasteiger partial charge is 0.259 e. The molecule has 0 saturated heterocycles. The van der Waals surface area contributed by atoms with Crippen molar-refractivity contribution in [3.05, 3.63) is 66.1 Å². The summed E-state index contributed by atoms with van der Waals surface area (Å²) in [5.41, 5.74) is 2.81. The maximum atomic E-state index is 13.4. The Labute approximate surface area is 150 Å². The highest BCUT2D eigenvalue weighted by molar-refractivity contribution is 6.14. The zero-order chi connectivity index (χ0) is 18.1. The predicted octanol–water partition coefficient (Wildman–Crippen LogP) is 4.46. The average Bonchev–Trinajstić information content (AvgIpc) is 3.33. The number of benzene rings is 1. The van der Waals surface area contributed by atoms with Crippen molar-refractivity contribution in [2.45, 2.75) is 13.8 Å². The molecule has 3 aromatic heterocycles. The van der Waals surface area contributed by atoms with E-state index >= 15 is 0 Å². The molecule has 0 fully saturated rings. The lowest BCUT2D eigenvalue weighted by atomic mass is 10.1. The highest BCUT2D eigenvalue weighted by atomic mass is 16.5. The Morgan fingerprint density at radius 2 is 1.96 bits per heavy atom. The molecule has 0 radical (unpaired) electrons. The molecule has 0 aliphatic rings. The lowest BCUT2D eigenvalue weighted by molar-refractivity contribution is 0.0990. The molecule has 0 aliphatic heterocycles. The third kappa shape index (κ3) is 2.65. The van der Waals surface area contributed by atoms with Crippen LogP contribution in [0.15, 0.2) is 63.7 Å². The van der Waals surface area contributed by atoms with Gasteiger partial charge in [-0.05, 0) is 44.2 Å². The quantitative estimate of drug-likeness (QED) is 0.545. The number of hydrogen-bond donors (Lipinski definition) is 0. The number of rotatable bonds is 4. The van der Waals surface area contributed by atoms with Crippen LogP contribution in [0.25, 0.3) is 22.6 Å². The number of pyridine rings is 1. The van der Waals surface area contributed by atoms with Gasteiger partial charge in [-0.3, -0.25) is 4.79 Å². The Hall–Kier alpha value is -3.41. The topological polar surface area (TPSA) is 72.4 Å². The summed E-state index contributed by atoms with van der Waals surface area (Å²) in [6.45, 7) is 4.28. The van der Waals surface area contributed by atoms with Crippen molar-refractivity contribution in [2.75, 3.05) is 11.4 Å². The van der Waals surface area contributed by atoms with E-state index in [1.54, 1.807) is 36.3 Å². The van der Waals surface area contributed by atoms with Gasteiger partial charge in [0, 0.05) is 12.2 Å². The van der Waals surface area contributed by atoms with E-state index in [2.05, 4.69) is 10.1 Å². The maximum Gasteiger partial charge on any atom is 0.259 e. The molecule has 0 spiro atoms. The Morgan fingerprint density at radius 1 is 1.15 bits per heavy atom. The summed E-state index contributed by atoms with van der Waals surface area (Å²) in [4.78, 5) is 19.5. The lowest BCUT2D eigenvalue weighted by Gasteiger charge is -2.21. The van der Waals surface area contributed by atoms with Gasteiger partial charge in [-0.2, -0.15) is 0 Å². The van der Waals surface area contributed by atoms with E-state index < -0.39 is 0 Å². The minimum absolute atomic E-state index is 0.134. The third-order valence-electron chi connectivity index (χ3n) is 4.25. The summed E-state index contributed by atoms with van der Waals surface area (Å²) in [6.07, 6.45) is 1.57. The molecule has 0 bridgehead atoms. The summed E-state index contributed by atoms with van der Waals surface area (Å²) in [5, 5.41) is 4.60. The molecule has 6 nitrogen and oxygen atoms in total. The molecule has 4 aromatic rings. The van der Waals surface area contributed by atoms with E-state index in [0.29, 0.717) is 40.4 Å². The van der Waals surface area contributed by atoms with Crippen LogP contribution in [-0.4, -0.2) is 22.6 Å². The highest BCUT2D eigenvalue weighted by Gasteiger charge is 2.24. The molecule has 0 saturated carbocycles. The number of hydrogen-bond acceptors (Lipinski definition) is 5. The molecule has 1 aromatic carbocycles. The number of aryl methyl sites for hydroxylation is 1. The summed E-state index contributed by atoms with van der Waals surface area (Å²) in [7, 11) is 0. The zero-order valence-corrected chi connectivity index (χ0v) is 14.5.